The van der Waals surface area contributed by atoms with Gasteiger partial charge < -0.3 is 25.4 Å². The zero-order chi connectivity index (χ0) is 19.8. The van der Waals surface area contributed by atoms with E-state index in [1.165, 1.54) is 14.2 Å². The van der Waals surface area contributed by atoms with Gasteiger partial charge in [0.1, 0.15) is 12.4 Å². The average molecular weight is 372 g/mol. The van der Waals surface area contributed by atoms with Crippen molar-refractivity contribution in [2.75, 3.05) is 31.5 Å². The molecule has 1 aromatic carbocycles. The molecule has 0 aliphatic heterocycles. The molecule has 0 aliphatic carbocycles. The third-order valence-corrected chi connectivity index (χ3v) is 3.80. The maximum absolute atomic E-state index is 12.2. The molecule has 144 valence electrons. The van der Waals surface area contributed by atoms with Crippen LogP contribution in [0.2, 0.25) is 0 Å². The second kappa shape index (κ2) is 9.54. The van der Waals surface area contributed by atoms with Crippen molar-refractivity contribution >= 4 is 23.3 Å². The number of carbonyl (C=O) groups excluding carboxylic acids is 2. The number of aryl methyl sites for hydroxylation is 2. The Morgan fingerprint density at radius 1 is 1.11 bits per heavy atom. The standard InChI is InChI=1S/C19H24N4O4/c1-12-7-13(2)20-9-14(12)10-21-19(25)22-15-5-6-17(27-4)16(8-15)23-18(24)11-26-3/h5-9H,10-11H2,1-4H3,(H,23,24)(H2,21,22,25). The summed E-state index contributed by atoms with van der Waals surface area (Å²) in [6, 6.07) is 6.56. The number of nitrogens with zero attached hydrogens (tertiary/aromatic N) is 1. The van der Waals surface area contributed by atoms with Crippen molar-refractivity contribution in [2.24, 2.45) is 0 Å². The summed E-state index contributed by atoms with van der Waals surface area (Å²) in [4.78, 5) is 28.1. The lowest BCUT2D eigenvalue weighted by molar-refractivity contribution is -0.119. The van der Waals surface area contributed by atoms with E-state index in [9.17, 15) is 9.59 Å². The van der Waals surface area contributed by atoms with E-state index in [0.717, 1.165) is 16.8 Å². The van der Waals surface area contributed by atoms with Gasteiger partial charge in [0.15, 0.2) is 0 Å². The molecule has 27 heavy (non-hydrogen) atoms. The van der Waals surface area contributed by atoms with Gasteiger partial charge in [0.25, 0.3) is 0 Å². The van der Waals surface area contributed by atoms with Gasteiger partial charge in [-0.1, -0.05) is 0 Å². The molecule has 8 heteroatoms. The Morgan fingerprint density at radius 2 is 1.89 bits per heavy atom. The summed E-state index contributed by atoms with van der Waals surface area (Å²) < 4.78 is 10.0. The highest BCUT2D eigenvalue weighted by Gasteiger charge is 2.10. The maximum Gasteiger partial charge on any atom is 0.319 e. The van der Waals surface area contributed by atoms with Crippen LogP contribution in [-0.2, 0) is 16.1 Å². The first-order valence-electron chi connectivity index (χ1n) is 8.36. The molecule has 0 atom stereocenters. The molecule has 0 spiro atoms. The number of ether oxygens (including phenoxy) is 2. The number of amides is 3. The third-order valence-electron chi connectivity index (χ3n) is 3.80. The lowest BCUT2D eigenvalue weighted by Gasteiger charge is -2.13. The van der Waals surface area contributed by atoms with Crippen molar-refractivity contribution in [2.45, 2.75) is 20.4 Å². The van der Waals surface area contributed by atoms with E-state index < -0.39 is 0 Å². The molecule has 0 fully saturated rings. The van der Waals surface area contributed by atoms with E-state index in [2.05, 4.69) is 20.9 Å². The lowest BCUT2D eigenvalue weighted by Crippen LogP contribution is -2.28. The minimum Gasteiger partial charge on any atom is -0.495 e. The van der Waals surface area contributed by atoms with Crippen LogP contribution in [0.15, 0.2) is 30.5 Å². The SMILES string of the molecule is COCC(=O)Nc1cc(NC(=O)NCc2cnc(C)cc2C)ccc1OC. The topological polar surface area (TPSA) is 102 Å². The Kier molecular flexibility index (Phi) is 7.13. The van der Waals surface area contributed by atoms with E-state index >= 15 is 0 Å². The number of anilines is 2. The van der Waals surface area contributed by atoms with Gasteiger partial charge in [-0.25, -0.2) is 4.79 Å². The summed E-state index contributed by atoms with van der Waals surface area (Å²) in [5.41, 5.74) is 3.89. The first-order valence-corrected chi connectivity index (χ1v) is 8.36. The second-order valence-electron chi connectivity index (χ2n) is 5.96. The van der Waals surface area contributed by atoms with E-state index in [1.54, 1.807) is 24.4 Å². The number of hydrogen-bond donors (Lipinski definition) is 3. The van der Waals surface area contributed by atoms with Gasteiger partial charge in [-0.15, -0.1) is 0 Å². The first-order chi connectivity index (χ1) is 12.9. The molecule has 0 bridgehead atoms. The zero-order valence-electron chi connectivity index (χ0n) is 15.9. The van der Waals surface area contributed by atoms with Crippen LogP contribution in [-0.4, -0.2) is 37.7 Å². The predicted octanol–water partition coefficient (Wildman–Crippen LogP) is 2.61. The van der Waals surface area contributed by atoms with E-state index in [-0.39, 0.29) is 18.5 Å². The minimum atomic E-state index is -0.366. The number of pyridine rings is 1. The number of nitrogens with one attached hydrogen (secondary N) is 3. The van der Waals surface area contributed by atoms with Crippen molar-refractivity contribution in [3.63, 3.8) is 0 Å². The fraction of sp³-hybridized carbons (Fsp3) is 0.316. The Hall–Kier alpha value is -3.13. The van der Waals surface area contributed by atoms with Crippen LogP contribution in [0.4, 0.5) is 16.2 Å². The van der Waals surface area contributed by atoms with Gasteiger partial charge in [-0.05, 0) is 49.2 Å². The van der Waals surface area contributed by atoms with Gasteiger partial charge in [-0.2, -0.15) is 0 Å². The number of aromatic nitrogens is 1. The molecular formula is C19H24N4O4. The molecule has 3 amide bonds. The average Bonchev–Trinajstić information content (AvgIpc) is 2.61. The van der Waals surface area contributed by atoms with Crippen LogP contribution in [0, 0.1) is 13.8 Å². The van der Waals surface area contributed by atoms with E-state index in [0.29, 0.717) is 23.7 Å². The second-order valence-corrected chi connectivity index (χ2v) is 5.96. The quantitative estimate of drug-likeness (QED) is 0.693. The highest BCUT2D eigenvalue weighted by molar-refractivity contribution is 5.95. The highest BCUT2D eigenvalue weighted by Crippen LogP contribution is 2.27. The van der Waals surface area contributed by atoms with Crippen LogP contribution in [0.3, 0.4) is 0 Å². The van der Waals surface area contributed by atoms with Crippen molar-refractivity contribution in [3.05, 3.63) is 47.3 Å². The Balaban J connectivity index is 2.01. The predicted molar refractivity (Wildman–Crippen MR) is 103 cm³/mol. The molecule has 1 heterocycles. The Morgan fingerprint density at radius 3 is 2.56 bits per heavy atom. The number of methoxy groups -OCH3 is 2. The molecular weight excluding hydrogens is 348 g/mol. The molecule has 3 N–H and O–H groups in total. The van der Waals surface area contributed by atoms with Crippen molar-refractivity contribution in [1.29, 1.82) is 0 Å². The number of hydrogen-bond acceptors (Lipinski definition) is 5. The number of carbonyl (C=O) groups is 2. The summed E-state index contributed by atoms with van der Waals surface area (Å²) in [7, 11) is 2.93. The van der Waals surface area contributed by atoms with Crippen LogP contribution in [0.1, 0.15) is 16.8 Å². The number of urea groups is 1. The van der Waals surface area contributed by atoms with Crippen LogP contribution >= 0.6 is 0 Å². The summed E-state index contributed by atoms with van der Waals surface area (Å²) in [6.45, 7) is 4.18. The summed E-state index contributed by atoms with van der Waals surface area (Å²) in [5.74, 6) is 0.159. The largest absolute Gasteiger partial charge is 0.495 e. The van der Waals surface area contributed by atoms with E-state index in [1.807, 2.05) is 19.9 Å². The van der Waals surface area contributed by atoms with Gasteiger partial charge >= 0.3 is 6.03 Å². The number of benzene rings is 1. The number of rotatable bonds is 7. The molecule has 2 rings (SSSR count). The van der Waals surface area contributed by atoms with Gasteiger partial charge in [0.2, 0.25) is 5.91 Å². The van der Waals surface area contributed by atoms with Crippen molar-refractivity contribution in [3.8, 4) is 5.75 Å². The van der Waals surface area contributed by atoms with Gasteiger partial charge in [0, 0.05) is 31.2 Å². The molecule has 1 aromatic heterocycles. The fourth-order valence-corrected chi connectivity index (χ4v) is 2.46. The van der Waals surface area contributed by atoms with Gasteiger partial charge in [0.05, 0.1) is 12.8 Å². The highest BCUT2D eigenvalue weighted by atomic mass is 16.5. The monoisotopic (exact) mass is 372 g/mol. The summed E-state index contributed by atoms with van der Waals surface area (Å²) in [5, 5.41) is 8.20. The van der Waals surface area contributed by atoms with Crippen LogP contribution < -0.4 is 20.7 Å². The molecule has 2 aromatic rings. The molecule has 8 nitrogen and oxygen atoms in total. The lowest BCUT2D eigenvalue weighted by atomic mass is 10.1. The van der Waals surface area contributed by atoms with Crippen molar-refractivity contribution < 1.29 is 19.1 Å². The maximum atomic E-state index is 12.2. The third kappa shape index (κ3) is 5.96. The van der Waals surface area contributed by atoms with Gasteiger partial charge in [-0.3, -0.25) is 9.78 Å². The molecule has 0 aliphatic rings. The van der Waals surface area contributed by atoms with Crippen LogP contribution in [0.25, 0.3) is 0 Å². The zero-order valence-corrected chi connectivity index (χ0v) is 15.9. The molecule has 0 unspecified atom stereocenters. The summed E-state index contributed by atoms with van der Waals surface area (Å²) in [6.07, 6.45) is 1.75. The normalized spacial score (nSPS) is 10.2. The van der Waals surface area contributed by atoms with E-state index in [4.69, 9.17) is 9.47 Å². The fourth-order valence-electron chi connectivity index (χ4n) is 2.46. The smallest absolute Gasteiger partial charge is 0.319 e. The Bertz CT molecular complexity index is 823. The Labute approximate surface area is 158 Å². The summed E-state index contributed by atoms with van der Waals surface area (Å²) >= 11 is 0. The minimum absolute atomic E-state index is 0.0781. The van der Waals surface area contributed by atoms with Crippen molar-refractivity contribution in [1.82, 2.24) is 10.3 Å². The molecule has 0 saturated carbocycles. The molecule has 0 radical (unpaired) electrons. The van der Waals surface area contributed by atoms with Crippen LogP contribution in [0.5, 0.6) is 5.75 Å². The first kappa shape index (κ1) is 20.2. The molecule has 0 saturated heterocycles.